The predicted octanol–water partition coefficient (Wildman–Crippen LogP) is 1.84. The molecule has 1 rings (SSSR count). The average Bonchev–Trinajstić information content (AvgIpc) is 2.20. The van der Waals surface area contributed by atoms with Crippen LogP contribution in [0.5, 0.6) is 0 Å². The standard InChI is InChI=1S/C10H11BrO4S/c1-7(10(12)13)16(14,15)6-8-2-4-9(11)5-3-8/h2-5,7H,6H2,1H3,(H,12,13)/t7-/m1/s1. The second kappa shape index (κ2) is 4.97. The molecule has 0 bridgehead atoms. The molecule has 4 nitrogen and oxygen atoms in total. The largest absolute Gasteiger partial charge is 0.480 e. The Kier molecular flexibility index (Phi) is 4.09. The Balaban J connectivity index is 2.89. The van der Waals surface area contributed by atoms with Crippen molar-refractivity contribution in [1.29, 1.82) is 0 Å². The Bertz CT molecular complexity index is 478. The Labute approximate surface area is 102 Å². The lowest BCUT2D eigenvalue weighted by Gasteiger charge is -2.08. The van der Waals surface area contributed by atoms with Gasteiger partial charge in [0.25, 0.3) is 0 Å². The fourth-order valence-electron chi connectivity index (χ4n) is 1.09. The minimum Gasteiger partial charge on any atom is -0.480 e. The van der Waals surface area contributed by atoms with E-state index < -0.39 is 21.1 Å². The third kappa shape index (κ3) is 3.31. The van der Waals surface area contributed by atoms with E-state index in [0.717, 1.165) is 4.47 Å². The van der Waals surface area contributed by atoms with Gasteiger partial charge in [0, 0.05) is 4.47 Å². The van der Waals surface area contributed by atoms with Crippen LogP contribution in [0.25, 0.3) is 0 Å². The Hall–Kier alpha value is -0.880. The SMILES string of the molecule is C[C@H](C(=O)O)S(=O)(=O)Cc1ccc(Br)cc1. The molecule has 6 heteroatoms. The Morgan fingerprint density at radius 2 is 1.88 bits per heavy atom. The van der Waals surface area contributed by atoms with Gasteiger partial charge in [-0.3, -0.25) is 4.79 Å². The third-order valence-corrected chi connectivity index (χ3v) is 4.71. The van der Waals surface area contributed by atoms with Crippen LogP contribution in [0.4, 0.5) is 0 Å². The van der Waals surface area contributed by atoms with E-state index in [4.69, 9.17) is 5.11 Å². The van der Waals surface area contributed by atoms with Crippen LogP contribution in [0, 0.1) is 0 Å². The summed E-state index contributed by atoms with van der Waals surface area (Å²) in [6, 6.07) is 6.74. The summed E-state index contributed by atoms with van der Waals surface area (Å²) in [5.41, 5.74) is 0.580. The van der Waals surface area contributed by atoms with Crippen molar-refractivity contribution in [3.63, 3.8) is 0 Å². The molecule has 0 saturated carbocycles. The van der Waals surface area contributed by atoms with Crippen LogP contribution in [0.2, 0.25) is 0 Å². The molecule has 1 aromatic rings. The van der Waals surface area contributed by atoms with Gasteiger partial charge in [0.05, 0.1) is 5.75 Å². The van der Waals surface area contributed by atoms with Gasteiger partial charge in [-0.15, -0.1) is 0 Å². The quantitative estimate of drug-likeness (QED) is 0.921. The molecule has 0 aliphatic heterocycles. The van der Waals surface area contributed by atoms with E-state index >= 15 is 0 Å². The summed E-state index contributed by atoms with van der Waals surface area (Å²) < 4.78 is 24.1. The molecule has 0 aliphatic rings. The maximum Gasteiger partial charge on any atom is 0.321 e. The van der Waals surface area contributed by atoms with E-state index in [1.54, 1.807) is 24.3 Å². The molecule has 1 aromatic carbocycles. The number of carboxylic acids is 1. The summed E-state index contributed by atoms with van der Waals surface area (Å²) in [5.74, 6) is -1.58. The lowest BCUT2D eigenvalue weighted by Crippen LogP contribution is -2.28. The molecule has 0 aliphatic carbocycles. The first kappa shape index (κ1) is 13.2. The maximum absolute atomic E-state index is 11.6. The first-order valence-electron chi connectivity index (χ1n) is 4.52. The van der Waals surface area contributed by atoms with Gasteiger partial charge in [0.1, 0.15) is 0 Å². The number of hydrogen-bond donors (Lipinski definition) is 1. The molecule has 0 amide bonds. The summed E-state index contributed by atoms with van der Waals surface area (Å²) in [4.78, 5) is 10.6. The summed E-state index contributed by atoms with van der Waals surface area (Å²) >= 11 is 3.23. The van der Waals surface area contributed by atoms with E-state index in [1.807, 2.05) is 0 Å². The molecule has 16 heavy (non-hydrogen) atoms. The second-order valence-corrected chi connectivity index (χ2v) is 6.65. The number of sulfone groups is 1. The van der Waals surface area contributed by atoms with Crippen molar-refractivity contribution in [3.8, 4) is 0 Å². The van der Waals surface area contributed by atoms with Gasteiger partial charge in [-0.2, -0.15) is 0 Å². The van der Waals surface area contributed by atoms with Crippen molar-refractivity contribution >= 4 is 31.7 Å². The highest BCUT2D eigenvalue weighted by molar-refractivity contribution is 9.10. The molecule has 0 aromatic heterocycles. The molecule has 0 heterocycles. The molecular formula is C10H11BrO4S. The number of carboxylic acid groups (broad SMARTS) is 1. The summed E-state index contributed by atoms with van der Waals surface area (Å²) in [7, 11) is -3.64. The number of aliphatic carboxylic acids is 1. The zero-order valence-electron chi connectivity index (χ0n) is 8.55. The molecule has 0 radical (unpaired) electrons. The van der Waals surface area contributed by atoms with E-state index in [-0.39, 0.29) is 5.75 Å². The lowest BCUT2D eigenvalue weighted by molar-refractivity contribution is -0.136. The molecule has 0 fully saturated rings. The van der Waals surface area contributed by atoms with Crippen molar-refractivity contribution in [2.45, 2.75) is 17.9 Å². The van der Waals surface area contributed by atoms with Gasteiger partial charge in [-0.1, -0.05) is 28.1 Å². The minimum absolute atomic E-state index is 0.256. The highest BCUT2D eigenvalue weighted by Gasteiger charge is 2.27. The highest BCUT2D eigenvalue weighted by atomic mass is 79.9. The highest BCUT2D eigenvalue weighted by Crippen LogP contribution is 2.15. The van der Waals surface area contributed by atoms with Gasteiger partial charge in [-0.25, -0.2) is 8.42 Å². The third-order valence-electron chi connectivity index (χ3n) is 2.17. The van der Waals surface area contributed by atoms with Gasteiger partial charge in [-0.05, 0) is 24.6 Å². The lowest BCUT2D eigenvalue weighted by atomic mass is 10.2. The van der Waals surface area contributed by atoms with Crippen LogP contribution in [-0.2, 0) is 20.4 Å². The predicted molar refractivity (Wildman–Crippen MR) is 63.9 cm³/mol. The molecule has 1 atom stereocenters. The summed E-state index contributed by atoms with van der Waals surface area (Å²) in [5, 5.41) is 7.27. The second-order valence-electron chi connectivity index (χ2n) is 3.41. The summed E-state index contributed by atoms with van der Waals surface area (Å²) in [6.45, 7) is 1.18. The van der Waals surface area contributed by atoms with E-state index in [0.29, 0.717) is 5.56 Å². The molecule has 0 unspecified atom stereocenters. The van der Waals surface area contributed by atoms with Gasteiger partial charge >= 0.3 is 5.97 Å². The fourth-order valence-corrected chi connectivity index (χ4v) is 2.57. The van der Waals surface area contributed by atoms with Crippen molar-refractivity contribution < 1.29 is 18.3 Å². The van der Waals surface area contributed by atoms with Crippen LogP contribution in [0.15, 0.2) is 28.7 Å². The Morgan fingerprint density at radius 1 is 1.38 bits per heavy atom. The first-order chi connectivity index (χ1) is 7.33. The monoisotopic (exact) mass is 306 g/mol. The number of hydrogen-bond acceptors (Lipinski definition) is 3. The molecule has 1 N–H and O–H groups in total. The number of rotatable bonds is 4. The number of halogens is 1. The number of carbonyl (C=O) groups is 1. The van der Waals surface area contributed by atoms with Crippen molar-refractivity contribution in [3.05, 3.63) is 34.3 Å². The van der Waals surface area contributed by atoms with E-state index in [1.165, 1.54) is 6.92 Å². The minimum atomic E-state index is -3.64. The average molecular weight is 307 g/mol. The molecule has 0 spiro atoms. The molecular weight excluding hydrogens is 296 g/mol. The van der Waals surface area contributed by atoms with Crippen LogP contribution in [0.3, 0.4) is 0 Å². The van der Waals surface area contributed by atoms with Crippen molar-refractivity contribution in [2.24, 2.45) is 0 Å². The van der Waals surface area contributed by atoms with E-state index in [9.17, 15) is 13.2 Å². The topological polar surface area (TPSA) is 71.4 Å². The molecule has 0 saturated heterocycles. The van der Waals surface area contributed by atoms with Crippen molar-refractivity contribution in [2.75, 3.05) is 0 Å². The number of benzene rings is 1. The summed E-state index contributed by atoms with van der Waals surface area (Å²) in [6.07, 6.45) is 0. The van der Waals surface area contributed by atoms with Crippen LogP contribution >= 0.6 is 15.9 Å². The first-order valence-corrected chi connectivity index (χ1v) is 7.02. The Morgan fingerprint density at radius 3 is 2.31 bits per heavy atom. The van der Waals surface area contributed by atoms with E-state index in [2.05, 4.69) is 15.9 Å². The van der Waals surface area contributed by atoms with Crippen molar-refractivity contribution in [1.82, 2.24) is 0 Å². The zero-order valence-corrected chi connectivity index (χ0v) is 11.0. The smallest absolute Gasteiger partial charge is 0.321 e. The maximum atomic E-state index is 11.6. The zero-order chi connectivity index (χ0) is 12.3. The normalized spacial score (nSPS) is 13.4. The fraction of sp³-hybridized carbons (Fsp3) is 0.300. The van der Waals surface area contributed by atoms with Gasteiger partial charge in [0.2, 0.25) is 0 Å². The van der Waals surface area contributed by atoms with Gasteiger partial charge in [0.15, 0.2) is 15.1 Å². The van der Waals surface area contributed by atoms with Crippen LogP contribution in [-0.4, -0.2) is 24.7 Å². The van der Waals surface area contributed by atoms with Gasteiger partial charge < -0.3 is 5.11 Å². The van der Waals surface area contributed by atoms with Crippen LogP contribution in [0.1, 0.15) is 12.5 Å². The molecule has 88 valence electrons. The van der Waals surface area contributed by atoms with Crippen LogP contribution < -0.4 is 0 Å².